The van der Waals surface area contributed by atoms with E-state index < -0.39 is 0 Å². The van der Waals surface area contributed by atoms with Gasteiger partial charge in [0.1, 0.15) is 0 Å². The third kappa shape index (κ3) is 5.20. The normalized spacial score (nSPS) is 26.7. The first-order chi connectivity index (χ1) is 11.0. The third-order valence-corrected chi connectivity index (χ3v) is 5.61. The van der Waals surface area contributed by atoms with E-state index in [-0.39, 0.29) is 36.4 Å². The van der Waals surface area contributed by atoms with Gasteiger partial charge in [0.2, 0.25) is 11.8 Å². The predicted octanol–water partition coefficient (Wildman–Crippen LogP) is 2.08. The molecular weight excluding hydrogens is 292 g/mol. The summed E-state index contributed by atoms with van der Waals surface area (Å²) in [5.41, 5.74) is 0. The molecule has 1 unspecified atom stereocenters. The Hall–Kier alpha value is -1.10. The Labute approximate surface area is 139 Å². The van der Waals surface area contributed by atoms with Crippen molar-refractivity contribution in [1.82, 2.24) is 10.2 Å². The SMILES string of the molecule is CC(CC(=O)N(C)C1CCC(CO)CC1)NC(=O)C1CCCC1. The highest BCUT2D eigenvalue weighted by Gasteiger charge is 2.28. The highest BCUT2D eigenvalue weighted by atomic mass is 16.3. The maximum absolute atomic E-state index is 12.4. The number of nitrogens with one attached hydrogen (secondary N) is 1. The van der Waals surface area contributed by atoms with Gasteiger partial charge in [-0.1, -0.05) is 12.8 Å². The average Bonchev–Trinajstić information content (AvgIpc) is 3.08. The monoisotopic (exact) mass is 324 g/mol. The molecule has 2 amide bonds. The van der Waals surface area contributed by atoms with Crippen LogP contribution in [0.2, 0.25) is 0 Å². The summed E-state index contributed by atoms with van der Waals surface area (Å²) >= 11 is 0. The van der Waals surface area contributed by atoms with Gasteiger partial charge in [0.05, 0.1) is 0 Å². The summed E-state index contributed by atoms with van der Waals surface area (Å²) in [6.45, 7) is 2.18. The molecule has 132 valence electrons. The van der Waals surface area contributed by atoms with E-state index >= 15 is 0 Å². The fourth-order valence-electron chi connectivity index (χ4n) is 3.92. The van der Waals surface area contributed by atoms with Crippen molar-refractivity contribution in [2.75, 3.05) is 13.7 Å². The zero-order chi connectivity index (χ0) is 16.8. The van der Waals surface area contributed by atoms with E-state index in [1.165, 1.54) is 0 Å². The van der Waals surface area contributed by atoms with Crippen LogP contribution in [0.4, 0.5) is 0 Å². The van der Waals surface area contributed by atoms with Gasteiger partial charge in [0, 0.05) is 38.1 Å². The van der Waals surface area contributed by atoms with Gasteiger partial charge in [-0.2, -0.15) is 0 Å². The van der Waals surface area contributed by atoms with E-state index in [1.807, 2.05) is 18.9 Å². The van der Waals surface area contributed by atoms with Crippen LogP contribution in [0.15, 0.2) is 0 Å². The molecule has 2 aliphatic carbocycles. The molecule has 0 aliphatic heterocycles. The van der Waals surface area contributed by atoms with Crippen LogP contribution in [0, 0.1) is 11.8 Å². The van der Waals surface area contributed by atoms with Gasteiger partial charge >= 0.3 is 0 Å². The number of rotatable bonds is 6. The number of hydrogen-bond acceptors (Lipinski definition) is 3. The molecule has 2 N–H and O–H groups in total. The summed E-state index contributed by atoms with van der Waals surface area (Å²) in [6.07, 6.45) is 8.55. The standard InChI is InChI=1S/C18H32N2O3/c1-13(19-18(23)15-5-3-4-6-15)11-17(22)20(2)16-9-7-14(12-21)8-10-16/h13-16,21H,3-12H2,1-2H3,(H,19,23). The second-order valence-corrected chi connectivity index (χ2v) is 7.46. The summed E-state index contributed by atoms with van der Waals surface area (Å²) < 4.78 is 0. The molecule has 0 heterocycles. The molecule has 0 aromatic heterocycles. The summed E-state index contributed by atoms with van der Waals surface area (Å²) in [5, 5.41) is 12.2. The maximum Gasteiger partial charge on any atom is 0.224 e. The van der Waals surface area contributed by atoms with Crippen LogP contribution in [0.3, 0.4) is 0 Å². The zero-order valence-electron chi connectivity index (χ0n) is 14.6. The van der Waals surface area contributed by atoms with Gasteiger partial charge in [0.25, 0.3) is 0 Å². The second-order valence-electron chi connectivity index (χ2n) is 7.46. The summed E-state index contributed by atoms with van der Waals surface area (Å²) in [4.78, 5) is 26.4. The van der Waals surface area contributed by atoms with Crippen molar-refractivity contribution in [1.29, 1.82) is 0 Å². The van der Waals surface area contributed by atoms with Crippen LogP contribution in [-0.2, 0) is 9.59 Å². The molecule has 0 saturated heterocycles. The number of carbonyl (C=O) groups is 2. The van der Waals surface area contributed by atoms with Crippen LogP contribution in [0.1, 0.15) is 64.7 Å². The fourth-order valence-corrected chi connectivity index (χ4v) is 3.92. The average molecular weight is 324 g/mol. The van der Waals surface area contributed by atoms with E-state index in [1.54, 1.807) is 0 Å². The quantitative estimate of drug-likeness (QED) is 0.786. The smallest absolute Gasteiger partial charge is 0.224 e. The van der Waals surface area contributed by atoms with Crippen molar-refractivity contribution in [3.63, 3.8) is 0 Å². The van der Waals surface area contributed by atoms with Gasteiger partial charge in [-0.05, 0) is 51.4 Å². The zero-order valence-corrected chi connectivity index (χ0v) is 14.6. The fraction of sp³-hybridized carbons (Fsp3) is 0.889. The number of carbonyl (C=O) groups excluding carboxylic acids is 2. The molecule has 2 saturated carbocycles. The van der Waals surface area contributed by atoms with Crippen molar-refractivity contribution in [3.05, 3.63) is 0 Å². The lowest BCUT2D eigenvalue weighted by Gasteiger charge is -2.34. The maximum atomic E-state index is 12.4. The minimum absolute atomic E-state index is 0.105. The van der Waals surface area contributed by atoms with Crippen LogP contribution >= 0.6 is 0 Å². The first-order valence-electron chi connectivity index (χ1n) is 9.18. The van der Waals surface area contributed by atoms with E-state index in [2.05, 4.69) is 5.32 Å². The molecule has 2 aliphatic rings. The van der Waals surface area contributed by atoms with Gasteiger partial charge in [-0.15, -0.1) is 0 Å². The van der Waals surface area contributed by atoms with Crippen molar-refractivity contribution in [2.24, 2.45) is 11.8 Å². The second kappa shape index (κ2) is 8.67. The first-order valence-corrected chi connectivity index (χ1v) is 9.18. The number of hydrogen-bond donors (Lipinski definition) is 2. The van der Waals surface area contributed by atoms with Gasteiger partial charge in [-0.25, -0.2) is 0 Å². The van der Waals surface area contributed by atoms with Gasteiger partial charge in [-0.3, -0.25) is 9.59 Å². The van der Waals surface area contributed by atoms with Crippen LogP contribution < -0.4 is 5.32 Å². The topological polar surface area (TPSA) is 69.6 Å². The summed E-state index contributed by atoms with van der Waals surface area (Å²) in [5.74, 6) is 0.781. The lowest BCUT2D eigenvalue weighted by atomic mass is 9.86. The lowest BCUT2D eigenvalue weighted by Crippen LogP contribution is -2.44. The Balaban J connectivity index is 1.73. The van der Waals surface area contributed by atoms with Crippen LogP contribution in [0.25, 0.3) is 0 Å². The van der Waals surface area contributed by atoms with Crippen molar-refractivity contribution >= 4 is 11.8 Å². The Morgan fingerprint density at radius 3 is 2.30 bits per heavy atom. The van der Waals surface area contributed by atoms with Crippen molar-refractivity contribution in [2.45, 2.75) is 76.8 Å². The number of amides is 2. The minimum atomic E-state index is -0.105. The molecule has 0 aromatic rings. The molecular formula is C18H32N2O3. The molecule has 0 radical (unpaired) electrons. The Bertz CT molecular complexity index is 399. The van der Waals surface area contributed by atoms with E-state index in [0.717, 1.165) is 51.4 Å². The van der Waals surface area contributed by atoms with E-state index in [9.17, 15) is 14.7 Å². The van der Waals surface area contributed by atoms with Crippen LogP contribution in [0.5, 0.6) is 0 Å². The van der Waals surface area contributed by atoms with Crippen molar-refractivity contribution in [3.8, 4) is 0 Å². The molecule has 5 heteroatoms. The van der Waals surface area contributed by atoms with Crippen molar-refractivity contribution < 1.29 is 14.7 Å². The van der Waals surface area contributed by atoms with E-state index in [0.29, 0.717) is 12.3 Å². The Morgan fingerprint density at radius 1 is 1.13 bits per heavy atom. The highest BCUT2D eigenvalue weighted by Crippen LogP contribution is 2.27. The van der Waals surface area contributed by atoms with Gasteiger partial charge in [0.15, 0.2) is 0 Å². The highest BCUT2D eigenvalue weighted by molar-refractivity contribution is 5.81. The third-order valence-electron chi connectivity index (χ3n) is 5.61. The molecule has 1 atom stereocenters. The van der Waals surface area contributed by atoms with E-state index in [4.69, 9.17) is 0 Å². The molecule has 2 rings (SSSR count). The molecule has 2 fully saturated rings. The molecule has 23 heavy (non-hydrogen) atoms. The minimum Gasteiger partial charge on any atom is -0.396 e. The predicted molar refractivity (Wildman–Crippen MR) is 89.8 cm³/mol. The Morgan fingerprint density at radius 2 is 1.74 bits per heavy atom. The largest absolute Gasteiger partial charge is 0.396 e. The molecule has 0 bridgehead atoms. The summed E-state index contributed by atoms with van der Waals surface area (Å²) in [7, 11) is 1.87. The number of aliphatic hydroxyl groups excluding tert-OH is 1. The lowest BCUT2D eigenvalue weighted by molar-refractivity contribution is -0.133. The number of nitrogens with zero attached hydrogens (tertiary/aromatic N) is 1. The molecule has 0 aromatic carbocycles. The first kappa shape index (κ1) is 18.2. The summed E-state index contributed by atoms with van der Waals surface area (Å²) in [6, 6.07) is 0.176. The Kier molecular flexibility index (Phi) is 6.88. The van der Waals surface area contributed by atoms with Gasteiger partial charge < -0.3 is 15.3 Å². The molecule has 0 spiro atoms. The number of aliphatic hydroxyl groups is 1. The van der Waals surface area contributed by atoms with Crippen LogP contribution in [-0.4, -0.2) is 47.6 Å². The molecule has 5 nitrogen and oxygen atoms in total.